The zero-order chi connectivity index (χ0) is 12.2. The van der Waals surface area contributed by atoms with E-state index >= 15 is 0 Å². The number of rotatable bonds is 4. The molecule has 0 fully saturated rings. The van der Waals surface area contributed by atoms with Crippen molar-refractivity contribution in [3.05, 3.63) is 35.6 Å². The Morgan fingerprint density at radius 3 is 2.31 bits per heavy atom. The maximum atomic E-state index is 12.7. The first-order valence-corrected chi connectivity index (χ1v) is 5.31. The van der Waals surface area contributed by atoms with Crippen molar-refractivity contribution >= 4 is 0 Å². The molecular weight excluding hydrogens is 203 g/mol. The molecule has 0 radical (unpaired) electrons. The van der Waals surface area contributed by atoms with Gasteiger partial charge >= 0.3 is 0 Å². The van der Waals surface area contributed by atoms with Gasteiger partial charge in [-0.25, -0.2) is 4.39 Å². The second-order valence-electron chi connectivity index (χ2n) is 4.41. The third-order valence-electron chi connectivity index (χ3n) is 3.04. The molecule has 0 amide bonds. The SMILES string of the molecule is CN(C)C(C)(C#N)CCc1ccc(F)cc1. The van der Waals surface area contributed by atoms with E-state index in [1.165, 1.54) is 12.1 Å². The number of nitriles is 1. The first kappa shape index (κ1) is 12.7. The molecule has 0 saturated carbocycles. The van der Waals surface area contributed by atoms with Crippen LogP contribution in [-0.4, -0.2) is 24.5 Å². The van der Waals surface area contributed by atoms with E-state index in [0.717, 1.165) is 18.4 Å². The summed E-state index contributed by atoms with van der Waals surface area (Å²) in [6.07, 6.45) is 1.52. The van der Waals surface area contributed by atoms with Crippen LogP contribution < -0.4 is 0 Å². The van der Waals surface area contributed by atoms with E-state index in [2.05, 4.69) is 6.07 Å². The van der Waals surface area contributed by atoms with Gasteiger partial charge in [0.1, 0.15) is 11.4 Å². The first-order chi connectivity index (χ1) is 7.48. The van der Waals surface area contributed by atoms with Crippen LogP contribution in [0.1, 0.15) is 18.9 Å². The summed E-state index contributed by atoms with van der Waals surface area (Å²) >= 11 is 0. The van der Waals surface area contributed by atoms with E-state index in [1.54, 1.807) is 12.1 Å². The Balaban J connectivity index is 2.64. The summed E-state index contributed by atoms with van der Waals surface area (Å²) in [5.41, 5.74) is 0.596. The van der Waals surface area contributed by atoms with Gasteiger partial charge in [-0.2, -0.15) is 5.26 Å². The van der Waals surface area contributed by atoms with Crippen molar-refractivity contribution in [1.82, 2.24) is 4.90 Å². The van der Waals surface area contributed by atoms with Crippen LogP contribution in [0.25, 0.3) is 0 Å². The van der Waals surface area contributed by atoms with E-state index < -0.39 is 5.54 Å². The minimum Gasteiger partial charge on any atom is -0.292 e. The summed E-state index contributed by atoms with van der Waals surface area (Å²) in [6, 6.07) is 8.75. The smallest absolute Gasteiger partial charge is 0.123 e. The summed E-state index contributed by atoms with van der Waals surface area (Å²) in [7, 11) is 3.79. The summed E-state index contributed by atoms with van der Waals surface area (Å²) in [5, 5.41) is 9.13. The quantitative estimate of drug-likeness (QED) is 0.780. The molecule has 0 aromatic heterocycles. The topological polar surface area (TPSA) is 27.0 Å². The molecule has 0 aliphatic heterocycles. The molecular formula is C13H17FN2. The molecule has 1 aromatic rings. The normalized spacial score (nSPS) is 14.5. The standard InChI is InChI=1S/C13H17FN2/c1-13(10-15,16(2)3)9-8-11-4-6-12(14)7-5-11/h4-7H,8-9H2,1-3H3. The van der Waals surface area contributed by atoms with E-state index in [9.17, 15) is 4.39 Å². The molecule has 1 atom stereocenters. The molecule has 0 bridgehead atoms. The zero-order valence-electron chi connectivity index (χ0n) is 10.00. The van der Waals surface area contributed by atoms with Crippen molar-refractivity contribution in [2.24, 2.45) is 0 Å². The van der Waals surface area contributed by atoms with E-state index in [0.29, 0.717) is 0 Å². The van der Waals surface area contributed by atoms with Crippen LogP contribution in [0.4, 0.5) is 4.39 Å². The van der Waals surface area contributed by atoms with Gasteiger partial charge in [0, 0.05) is 0 Å². The highest BCUT2D eigenvalue weighted by Crippen LogP contribution is 2.18. The van der Waals surface area contributed by atoms with Gasteiger partial charge in [-0.3, -0.25) is 4.90 Å². The maximum absolute atomic E-state index is 12.7. The summed E-state index contributed by atoms with van der Waals surface area (Å²) < 4.78 is 12.7. The minimum absolute atomic E-state index is 0.223. The largest absolute Gasteiger partial charge is 0.292 e. The number of aryl methyl sites for hydroxylation is 1. The zero-order valence-corrected chi connectivity index (χ0v) is 10.00. The molecule has 2 nitrogen and oxygen atoms in total. The molecule has 0 saturated heterocycles. The predicted octanol–water partition coefficient (Wildman–Crippen LogP) is 2.60. The van der Waals surface area contributed by atoms with Crippen molar-refractivity contribution in [3.8, 4) is 6.07 Å². The lowest BCUT2D eigenvalue weighted by Gasteiger charge is -2.29. The first-order valence-electron chi connectivity index (χ1n) is 5.31. The fourth-order valence-electron chi connectivity index (χ4n) is 1.42. The van der Waals surface area contributed by atoms with E-state index in [1.807, 2.05) is 25.9 Å². The number of benzene rings is 1. The monoisotopic (exact) mass is 220 g/mol. The second-order valence-corrected chi connectivity index (χ2v) is 4.41. The Morgan fingerprint density at radius 1 is 1.31 bits per heavy atom. The average molecular weight is 220 g/mol. The molecule has 1 aromatic carbocycles. The molecule has 1 rings (SSSR count). The lowest BCUT2D eigenvalue weighted by Crippen LogP contribution is -2.40. The number of hydrogen-bond acceptors (Lipinski definition) is 2. The highest BCUT2D eigenvalue weighted by molar-refractivity contribution is 5.17. The predicted molar refractivity (Wildman–Crippen MR) is 62.4 cm³/mol. The van der Waals surface area contributed by atoms with Gasteiger partial charge in [-0.1, -0.05) is 12.1 Å². The molecule has 3 heteroatoms. The Hall–Kier alpha value is -1.40. The second kappa shape index (κ2) is 5.09. The molecule has 0 aliphatic carbocycles. The fraction of sp³-hybridized carbons (Fsp3) is 0.462. The van der Waals surface area contributed by atoms with Crippen molar-refractivity contribution in [2.45, 2.75) is 25.3 Å². The lowest BCUT2D eigenvalue weighted by atomic mass is 9.93. The van der Waals surface area contributed by atoms with Crippen LogP contribution in [0.3, 0.4) is 0 Å². The average Bonchev–Trinajstić information content (AvgIpc) is 2.27. The highest BCUT2D eigenvalue weighted by Gasteiger charge is 2.25. The van der Waals surface area contributed by atoms with Gasteiger partial charge < -0.3 is 0 Å². The van der Waals surface area contributed by atoms with Crippen molar-refractivity contribution in [3.63, 3.8) is 0 Å². The van der Waals surface area contributed by atoms with Crippen LogP contribution >= 0.6 is 0 Å². The Kier molecular flexibility index (Phi) is 4.03. The van der Waals surface area contributed by atoms with Crippen LogP contribution in [0, 0.1) is 17.1 Å². The van der Waals surface area contributed by atoms with E-state index in [4.69, 9.17) is 5.26 Å². The Bertz CT molecular complexity index is 378. The van der Waals surface area contributed by atoms with Crippen molar-refractivity contribution < 1.29 is 4.39 Å². The van der Waals surface area contributed by atoms with Gasteiger partial charge in [0.05, 0.1) is 6.07 Å². The van der Waals surface area contributed by atoms with E-state index in [-0.39, 0.29) is 5.82 Å². The van der Waals surface area contributed by atoms with Gasteiger partial charge in [0.2, 0.25) is 0 Å². The molecule has 16 heavy (non-hydrogen) atoms. The third-order valence-corrected chi connectivity index (χ3v) is 3.04. The number of halogens is 1. The maximum Gasteiger partial charge on any atom is 0.123 e. The number of hydrogen-bond donors (Lipinski definition) is 0. The van der Waals surface area contributed by atoms with Gasteiger partial charge in [-0.05, 0) is 51.6 Å². The third kappa shape index (κ3) is 3.04. The number of nitrogens with zero attached hydrogens (tertiary/aromatic N) is 2. The highest BCUT2D eigenvalue weighted by atomic mass is 19.1. The van der Waals surface area contributed by atoms with Gasteiger partial charge in [0.25, 0.3) is 0 Å². The van der Waals surface area contributed by atoms with Crippen LogP contribution in [0.5, 0.6) is 0 Å². The molecule has 1 unspecified atom stereocenters. The van der Waals surface area contributed by atoms with Crippen LogP contribution in [-0.2, 0) is 6.42 Å². The summed E-state index contributed by atoms with van der Waals surface area (Å²) in [5.74, 6) is -0.223. The molecule has 0 heterocycles. The summed E-state index contributed by atoms with van der Waals surface area (Å²) in [6.45, 7) is 1.91. The molecule has 0 aliphatic rings. The van der Waals surface area contributed by atoms with Gasteiger partial charge in [0.15, 0.2) is 0 Å². The minimum atomic E-state index is -0.464. The van der Waals surface area contributed by atoms with Crippen LogP contribution in [0.15, 0.2) is 24.3 Å². The molecule has 0 N–H and O–H groups in total. The molecule has 86 valence electrons. The van der Waals surface area contributed by atoms with Crippen LogP contribution in [0.2, 0.25) is 0 Å². The fourth-order valence-corrected chi connectivity index (χ4v) is 1.42. The van der Waals surface area contributed by atoms with Crippen molar-refractivity contribution in [2.75, 3.05) is 14.1 Å². The lowest BCUT2D eigenvalue weighted by molar-refractivity contribution is 0.224. The molecule has 0 spiro atoms. The van der Waals surface area contributed by atoms with Gasteiger partial charge in [-0.15, -0.1) is 0 Å². The van der Waals surface area contributed by atoms with Crippen molar-refractivity contribution in [1.29, 1.82) is 5.26 Å². The Morgan fingerprint density at radius 2 is 1.88 bits per heavy atom. The summed E-state index contributed by atoms with van der Waals surface area (Å²) in [4.78, 5) is 1.91. The Labute approximate surface area is 96.3 Å².